The summed E-state index contributed by atoms with van der Waals surface area (Å²) in [6, 6.07) is 0. The van der Waals surface area contributed by atoms with Crippen molar-refractivity contribution in [2.45, 2.75) is 159 Å². The van der Waals surface area contributed by atoms with Gasteiger partial charge < -0.3 is 0 Å². The molecule has 0 N–H and O–H groups in total. The monoisotopic (exact) mass is 437 g/mol. The maximum absolute atomic E-state index is 2.64. The Kier molecular flexibility index (Phi) is 19.5. The first-order chi connectivity index (χ1) is 14.9. The highest BCUT2D eigenvalue weighted by Gasteiger charge is 2.32. The topological polar surface area (TPSA) is 0 Å². The van der Waals surface area contributed by atoms with Crippen LogP contribution in [0.1, 0.15) is 159 Å². The molecule has 0 aromatic rings. The molecule has 0 heteroatoms. The molecule has 188 valence electrons. The molecule has 0 bridgehead atoms. The Morgan fingerprint density at radius 2 is 1.06 bits per heavy atom. The zero-order valence-corrected chi connectivity index (χ0v) is 23.6. The summed E-state index contributed by atoms with van der Waals surface area (Å²) in [5.74, 6) is 6.38. The molecule has 0 aliphatic rings. The zero-order valence-electron chi connectivity index (χ0n) is 23.6. The zero-order chi connectivity index (χ0) is 23.6. The molecule has 0 rings (SSSR count). The third-order valence-corrected chi connectivity index (χ3v) is 8.86. The lowest BCUT2D eigenvalue weighted by Crippen LogP contribution is -2.31. The molecule has 6 atom stereocenters. The normalized spacial score (nSPS) is 18.0. The number of hydrogen-bond acceptors (Lipinski definition) is 0. The molecular weight excluding hydrogens is 372 g/mol. The number of unbranched alkanes of at least 4 members (excludes halogenated alkanes) is 4. The van der Waals surface area contributed by atoms with Gasteiger partial charge in [-0.05, 0) is 54.3 Å². The lowest BCUT2D eigenvalue weighted by atomic mass is 9.66. The Balaban J connectivity index is 4.80. The van der Waals surface area contributed by atoms with Gasteiger partial charge in [-0.3, -0.25) is 0 Å². The van der Waals surface area contributed by atoms with Crippen LogP contribution in [0.3, 0.4) is 0 Å². The van der Waals surface area contributed by atoms with Crippen LogP contribution in [0.4, 0.5) is 0 Å². The van der Waals surface area contributed by atoms with Gasteiger partial charge in [-0.25, -0.2) is 0 Å². The van der Waals surface area contributed by atoms with Crippen molar-refractivity contribution < 1.29 is 0 Å². The summed E-state index contributed by atoms with van der Waals surface area (Å²) in [4.78, 5) is 0. The fourth-order valence-electron chi connectivity index (χ4n) is 6.44. The van der Waals surface area contributed by atoms with E-state index in [4.69, 9.17) is 0 Å². The second-order valence-corrected chi connectivity index (χ2v) is 11.5. The van der Waals surface area contributed by atoms with E-state index in [0.717, 1.165) is 41.4 Å². The van der Waals surface area contributed by atoms with Gasteiger partial charge in [0, 0.05) is 0 Å². The van der Waals surface area contributed by atoms with E-state index in [1.165, 1.54) is 96.3 Å². The van der Waals surface area contributed by atoms with Crippen molar-refractivity contribution in [2.24, 2.45) is 41.4 Å². The van der Waals surface area contributed by atoms with E-state index in [-0.39, 0.29) is 0 Å². The van der Waals surface area contributed by atoms with E-state index in [1.54, 1.807) is 0 Å². The average Bonchev–Trinajstić information content (AvgIpc) is 2.76. The van der Waals surface area contributed by atoms with Crippen LogP contribution in [-0.4, -0.2) is 0 Å². The fourth-order valence-corrected chi connectivity index (χ4v) is 6.44. The first-order valence-corrected chi connectivity index (χ1v) is 14.9. The molecule has 0 aliphatic carbocycles. The minimum Gasteiger partial charge on any atom is -0.0654 e. The maximum atomic E-state index is 2.64. The van der Waals surface area contributed by atoms with Gasteiger partial charge in [0.1, 0.15) is 0 Å². The van der Waals surface area contributed by atoms with Crippen LogP contribution in [-0.2, 0) is 0 Å². The highest BCUT2D eigenvalue weighted by molar-refractivity contribution is 4.82. The summed E-state index contributed by atoms with van der Waals surface area (Å²) in [7, 11) is 0. The van der Waals surface area contributed by atoms with Crippen molar-refractivity contribution in [1.82, 2.24) is 0 Å². The molecule has 0 saturated carbocycles. The van der Waals surface area contributed by atoms with Gasteiger partial charge in [0.05, 0.1) is 0 Å². The third kappa shape index (κ3) is 13.3. The molecule has 0 saturated heterocycles. The summed E-state index contributed by atoms with van der Waals surface area (Å²) < 4.78 is 0. The van der Waals surface area contributed by atoms with E-state index in [0.29, 0.717) is 0 Å². The van der Waals surface area contributed by atoms with Gasteiger partial charge in [-0.2, -0.15) is 0 Å². The molecule has 0 aromatic carbocycles. The minimum absolute atomic E-state index is 0.881. The molecule has 0 heterocycles. The van der Waals surface area contributed by atoms with Crippen LogP contribution in [0.2, 0.25) is 0 Å². The molecule has 0 radical (unpaired) electrons. The second kappa shape index (κ2) is 19.5. The first kappa shape index (κ1) is 31.0. The van der Waals surface area contributed by atoms with E-state index < -0.39 is 0 Å². The number of rotatable bonds is 21. The van der Waals surface area contributed by atoms with Crippen LogP contribution in [0, 0.1) is 41.4 Å². The highest BCUT2D eigenvalue weighted by atomic mass is 14.4. The van der Waals surface area contributed by atoms with Gasteiger partial charge >= 0.3 is 0 Å². The molecule has 0 aromatic heterocycles. The minimum atomic E-state index is 0.881. The number of hydrogen-bond donors (Lipinski definition) is 0. The summed E-state index contributed by atoms with van der Waals surface area (Å²) >= 11 is 0. The van der Waals surface area contributed by atoms with E-state index in [2.05, 4.69) is 62.3 Å². The molecule has 0 nitrogen and oxygen atoms in total. The second-order valence-electron chi connectivity index (χ2n) is 11.5. The molecule has 6 unspecified atom stereocenters. The highest BCUT2D eigenvalue weighted by Crippen LogP contribution is 2.41. The fraction of sp³-hybridized carbons (Fsp3) is 1.00. The van der Waals surface area contributed by atoms with Crippen molar-refractivity contribution >= 4 is 0 Å². The third-order valence-electron chi connectivity index (χ3n) is 8.86. The van der Waals surface area contributed by atoms with Crippen LogP contribution in [0.25, 0.3) is 0 Å². The standard InChI is InChI=1S/C31H64/c1-10-15-21-26(7)22-18-16-17-19-23-31(29(13-4)14-5)28(9)30(20-11-2)27(8)24-25(6)12-3/h25-31H,10-24H2,1-9H3. The van der Waals surface area contributed by atoms with Crippen molar-refractivity contribution in [3.05, 3.63) is 0 Å². The van der Waals surface area contributed by atoms with Crippen molar-refractivity contribution in [3.63, 3.8) is 0 Å². The Hall–Kier alpha value is 0. The van der Waals surface area contributed by atoms with Gasteiger partial charge in [0.2, 0.25) is 0 Å². The van der Waals surface area contributed by atoms with E-state index in [1.807, 2.05) is 0 Å². The van der Waals surface area contributed by atoms with Crippen LogP contribution in [0.5, 0.6) is 0 Å². The molecule has 0 aliphatic heterocycles. The van der Waals surface area contributed by atoms with Gasteiger partial charge in [-0.1, -0.05) is 146 Å². The maximum Gasteiger partial charge on any atom is -0.0358 e. The molecule has 0 fully saturated rings. The molecule has 0 spiro atoms. The summed E-state index contributed by atoms with van der Waals surface area (Å²) in [5.41, 5.74) is 0. The first-order valence-electron chi connectivity index (χ1n) is 14.9. The Morgan fingerprint density at radius 1 is 0.484 bits per heavy atom. The van der Waals surface area contributed by atoms with Gasteiger partial charge in [0.25, 0.3) is 0 Å². The summed E-state index contributed by atoms with van der Waals surface area (Å²) in [5, 5.41) is 0. The van der Waals surface area contributed by atoms with Crippen LogP contribution in [0.15, 0.2) is 0 Å². The summed E-state index contributed by atoms with van der Waals surface area (Å²) in [6.07, 6.45) is 21.3. The average molecular weight is 437 g/mol. The SMILES string of the molecule is CCCCC(C)CCCCCCC(C(CC)CC)C(C)C(CCC)C(C)CC(C)CC. The van der Waals surface area contributed by atoms with Gasteiger partial charge in [-0.15, -0.1) is 0 Å². The molecule has 0 amide bonds. The van der Waals surface area contributed by atoms with Crippen LogP contribution >= 0.6 is 0 Å². The summed E-state index contributed by atoms with van der Waals surface area (Å²) in [6.45, 7) is 22.1. The molecule has 31 heavy (non-hydrogen) atoms. The quantitative estimate of drug-likeness (QED) is 0.157. The lowest BCUT2D eigenvalue weighted by molar-refractivity contribution is 0.103. The van der Waals surface area contributed by atoms with Crippen molar-refractivity contribution in [2.75, 3.05) is 0 Å². The Bertz CT molecular complexity index is 368. The van der Waals surface area contributed by atoms with E-state index >= 15 is 0 Å². The van der Waals surface area contributed by atoms with E-state index in [9.17, 15) is 0 Å². The Labute approximate surface area is 200 Å². The Morgan fingerprint density at radius 3 is 1.58 bits per heavy atom. The smallest absolute Gasteiger partial charge is 0.0358 e. The van der Waals surface area contributed by atoms with Crippen molar-refractivity contribution in [1.29, 1.82) is 0 Å². The van der Waals surface area contributed by atoms with Crippen molar-refractivity contribution in [3.8, 4) is 0 Å². The lowest BCUT2D eigenvalue weighted by Gasteiger charge is -2.39. The predicted octanol–water partition coefficient (Wildman–Crippen LogP) is 11.3. The predicted molar refractivity (Wildman–Crippen MR) is 145 cm³/mol. The van der Waals surface area contributed by atoms with Crippen LogP contribution < -0.4 is 0 Å². The van der Waals surface area contributed by atoms with Gasteiger partial charge in [0.15, 0.2) is 0 Å². The largest absolute Gasteiger partial charge is 0.0654 e. The molecular formula is C31H64.